The lowest BCUT2D eigenvalue weighted by molar-refractivity contribution is -0.181. The van der Waals surface area contributed by atoms with Crippen LogP contribution < -0.4 is 10.9 Å². The van der Waals surface area contributed by atoms with Crippen LogP contribution in [0.3, 0.4) is 0 Å². The fourth-order valence-corrected chi connectivity index (χ4v) is 2.29. The van der Waals surface area contributed by atoms with Gasteiger partial charge < -0.3 is 14.8 Å². The summed E-state index contributed by atoms with van der Waals surface area (Å²) in [7, 11) is 0. The lowest BCUT2D eigenvalue weighted by atomic mass is 9.90. The summed E-state index contributed by atoms with van der Waals surface area (Å²) >= 11 is 0. The number of urea groups is 1. The molecule has 2 rings (SSSR count). The van der Waals surface area contributed by atoms with Crippen molar-refractivity contribution in [1.29, 1.82) is 0 Å². The zero-order valence-corrected chi connectivity index (χ0v) is 8.42. The number of rotatable bonds is 1. The summed E-state index contributed by atoms with van der Waals surface area (Å²) in [6.45, 7) is 1.20. The second kappa shape index (κ2) is 4.32. The van der Waals surface area contributed by atoms with Crippen molar-refractivity contribution in [1.82, 2.24) is 10.9 Å². The second-order valence-corrected chi connectivity index (χ2v) is 3.97. The molecule has 86 valence electrons. The molecule has 5 nitrogen and oxygen atoms in total. The average Bonchev–Trinajstić information content (AvgIpc) is 2.66. The molecule has 1 aliphatic carbocycles. The summed E-state index contributed by atoms with van der Waals surface area (Å²) in [6.07, 6.45) is 3.20. The van der Waals surface area contributed by atoms with Gasteiger partial charge in [0.15, 0.2) is 5.79 Å². The highest BCUT2D eigenvalue weighted by Crippen LogP contribution is 2.35. The number of nitrogens with one attached hydrogen (secondary N) is 2. The highest BCUT2D eigenvalue weighted by molar-refractivity contribution is 5.72. The van der Waals surface area contributed by atoms with Crippen LogP contribution in [0, 0.1) is 0 Å². The van der Waals surface area contributed by atoms with Crippen LogP contribution in [0.1, 0.15) is 25.7 Å². The molecule has 15 heavy (non-hydrogen) atoms. The molecule has 6 heteroatoms. The number of carbonyl (C=O) groups is 1. The summed E-state index contributed by atoms with van der Waals surface area (Å²) in [5.41, 5.74) is 1.06. The summed E-state index contributed by atoms with van der Waals surface area (Å²) < 4.78 is 22.9. The first-order chi connectivity index (χ1) is 7.24. The van der Waals surface area contributed by atoms with E-state index in [0.29, 0.717) is 19.6 Å². The Morgan fingerprint density at radius 2 is 2.13 bits per heavy atom. The van der Waals surface area contributed by atoms with E-state index in [4.69, 9.17) is 9.47 Å². The third-order valence-corrected chi connectivity index (χ3v) is 2.90. The molecule has 1 saturated heterocycles. The van der Waals surface area contributed by atoms with E-state index < -0.39 is 11.8 Å². The molecule has 2 amide bonds. The van der Waals surface area contributed by atoms with Gasteiger partial charge in [-0.1, -0.05) is 4.48 Å². The Bertz CT molecular complexity index is 244. The Labute approximate surface area is 87.2 Å². The quantitative estimate of drug-likeness (QED) is 0.642. The number of hydrogen-bond acceptors (Lipinski definition) is 3. The summed E-state index contributed by atoms with van der Waals surface area (Å²) in [6, 6.07) is -0.873. The van der Waals surface area contributed by atoms with E-state index in [1.54, 1.807) is 0 Å². The van der Waals surface area contributed by atoms with E-state index in [0.717, 1.165) is 24.8 Å². The minimum absolute atomic E-state index is 0.0763. The van der Waals surface area contributed by atoms with Gasteiger partial charge in [0, 0.05) is 18.9 Å². The third-order valence-electron chi connectivity index (χ3n) is 2.90. The lowest BCUT2D eigenvalue weighted by Gasteiger charge is -2.36. The molecule has 1 atom stereocenters. The number of amides is 2. The van der Waals surface area contributed by atoms with Crippen molar-refractivity contribution in [2.24, 2.45) is 0 Å². The number of ether oxygens (including phenoxy) is 2. The largest absolute Gasteiger partial charge is 0.347 e. The predicted octanol–water partition coefficient (Wildman–Crippen LogP) is 0.856. The van der Waals surface area contributed by atoms with Crippen molar-refractivity contribution >= 4 is 6.03 Å². The van der Waals surface area contributed by atoms with Crippen LogP contribution in [0.2, 0.25) is 0 Å². The van der Waals surface area contributed by atoms with Crippen molar-refractivity contribution in [2.45, 2.75) is 37.5 Å². The summed E-state index contributed by atoms with van der Waals surface area (Å²) in [5.74, 6) is -0.535. The molecule has 0 aromatic heterocycles. The third kappa shape index (κ3) is 2.38. The van der Waals surface area contributed by atoms with Gasteiger partial charge in [-0.2, -0.15) is 5.54 Å². The molecule has 0 aromatic carbocycles. The van der Waals surface area contributed by atoms with Gasteiger partial charge in [-0.3, -0.25) is 0 Å². The zero-order valence-electron chi connectivity index (χ0n) is 8.42. The minimum Gasteiger partial charge on any atom is -0.347 e. The molecule has 1 spiro atoms. The Balaban J connectivity index is 1.89. The first kappa shape index (κ1) is 10.6. The molecule has 2 N–H and O–H groups in total. The number of hydrogen-bond donors (Lipinski definition) is 2. The monoisotopic (exact) mass is 218 g/mol. The summed E-state index contributed by atoms with van der Waals surface area (Å²) in [5, 5.41) is 2.53. The van der Waals surface area contributed by atoms with Crippen LogP contribution in [-0.2, 0) is 9.47 Å². The molecule has 1 aliphatic heterocycles. The van der Waals surface area contributed by atoms with E-state index in [2.05, 4.69) is 5.32 Å². The Hall–Kier alpha value is -0.880. The second-order valence-electron chi connectivity index (χ2n) is 3.97. The highest BCUT2D eigenvalue weighted by Gasteiger charge is 2.41. The Kier molecular flexibility index (Phi) is 3.06. The molecule has 2 fully saturated rings. The number of halogens is 1. The fraction of sp³-hybridized carbons (Fsp3) is 0.889. The topological polar surface area (TPSA) is 59.6 Å². The van der Waals surface area contributed by atoms with Crippen LogP contribution >= 0.6 is 0 Å². The Morgan fingerprint density at radius 3 is 2.80 bits per heavy atom. The molecule has 0 aromatic rings. The first-order valence-electron chi connectivity index (χ1n) is 5.19. The van der Waals surface area contributed by atoms with Gasteiger partial charge in [-0.25, -0.2) is 4.79 Å². The average molecular weight is 218 g/mol. The first-order valence-corrected chi connectivity index (χ1v) is 5.19. The van der Waals surface area contributed by atoms with Crippen molar-refractivity contribution in [3.05, 3.63) is 0 Å². The molecule has 1 unspecified atom stereocenters. The van der Waals surface area contributed by atoms with E-state index >= 15 is 0 Å². The Morgan fingerprint density at radius 1 is 1.40 bits per heavy atom. The molecule has 1 heterocycles. The van der Waals surface area contributed by atoms with Gasteiger partial charge in [-0.05, 0) is 12.8 Å². The zero-order chi connectivity index (χ0) is 10.7. The number of carbonyl (C=O) groups excluding carboxylic acids is 1. The van der Waals surface area contributed by atoms with Gasteiger partial charge >= 0.3 is 6.03 Å². The molecular formula is C9H15FN2O3. The molecule has 0 radical (unpaired) electrons. The van der Waals surface area contributed by atoms with E-state index in [9.17, 15) is 9.28 Å². The maximum Gasteiger partial charge on any atom is 0.343 e. The van der Waals surface area contributed by atoms with Crippen LogP contribution in [0.15, 0.2) is 0 Å². The van der Waals surface area contributed by atoms with Gasteiger partial charge in [0.2, 0.25) is 0 Å². The van der Waals surface area contributed by atoms with Crippen molar-refractivity contribution < 1.29 is 18.7 Å². The van der Waals surface area contributed by atoms with Crippen LogP contribution in [0.25, 0.3) is 0 Å². The molecule has 2 aliphatic rings. The van der Waals surface area contributed by atoms with E-state index in [1.807, 2.05) is 0 Å². The SMILES string of the molecule is O=C(NF)NC1CCCC2(C1)OCCO2. The maximum absolute atomic E-state index is 11.8. The molecule has 0 bridgehead atoms. The summed E-state index contributed by atoms with van der Waals surface area (Å²) in [4.78, 5) is 10.8. The smallest absolute Gasteiger partial charge is 0.343 e. The highest BCUT2D eigenvalue weighted by atomic mass is 19.2. The van der Waals surface area contributed by atoms with E-state index in [-0.39, 0.29) is 6.04 Å². The van der Waals surface area contributed by atoms with E-state index in [1.165, 1.54) is 0 Å². The molecular weight excluding hydrogens is 203 g/mol. The standard InChI is InChI=1S/C9H15FN2O3/c10-12-8(13)11-7-2-1-3-9(6-7)14-4-5-15-9/h7H,1-6H2,(H2,11,12,13). The lowest BCUT2D eigenvalue weighted by Crippen LogP contribution is -2.48. The minimum atomic E-state index is -0.796. The predicted molar refractivity (Wildman–Crippen MR) is 49.7 cm³/mol. The maximum atomic E-state index is 11.8. The van der Waals surface area contributed by atoms with Crippen LogP contribution in [0.4, 0.5) is 9.28 Å². The van der Waals surface area contributed by atoms with Crippen LogP contribution in [-0.4, -0.2) is 31.1 Å². The van der Waals surface area contributed by atoms with Crippen molar-refractivity contribution in [3.8, 4) is 0 Å². The van der Waals surface area contributed by atoms with Gasteiger partial charge in [-0.15, -0.1) is 0 Å². The van der Waals surface area contributed by atoms with Crippen molar-refractivity contribution in [2.75, 3.05) is 13.2 Å². The normalized spacial score (nSPS) is 29.0. The van der Waals surface area contributed by atoms with Crippen LogP contribution in [0.5, 0.6) is 0 Å². The molecule has 1 saturated carbocycles. The van der Waals surface area contributed by atoms with Crippen molar-refractivity contribution in [3.63, 3.8) is 0 Å². The van der Waals surface area contributed by atoms with Gasteiger partial charge in [0.05, 0.1) is 13.2 Å². The fourth-order valence-electron chi connectivity index (χ4n) is 2.29. The van der Waals surface area contributed by atoms with Gasteiger partial charge in [0.25, 0.3) is 0 Å². The van der Waals surface area contributed by atoms with Gasteiger partial charge in [0.1, 0.15) is 0 Å².